The van der Waals surface area contributed by atoms with Crippen molar-refractivity contribution >= 4 is 23.6 Å². The molecule has 2 heterocycles. The van der Waals surface area contributed by atoms with Crippen molar-refractivity contribution in [2.24, 2.45) is 0 Å². The Hall–Kier alpha value is -0.710. The van der Waals surface area contributed by atoms with Crippen LogP contribution in [0.25, 0.3) is 0 Å². The van der Waals surface area contributed by atoms with Crippen molar-refractivity contribution in [3.05, 3.63) is 0 Å². The highest BCUT2D eigenvalue weighted by molar-refractivity contribution is 7.99. The Bertz CT molecular complexity index is 258. The molecule has 0 aliphatic carbocycles. The lowest BCUT2D eigenvalue weighted by molar-refractivity contribution is -0.118. The van der Waals surface area contributed by atoms with E-state index in [1.54, 1.807) is 0 Å². The molecular weight excluding hydrogens is 260 g/mol. The summed E-state index contributed by atoms with van der Waals surface area (Å²) in [6, 6.07) is 0.815. The zero-order valence-corrected chi connectivity index (χ0v) is 13.4. The molecule has 0 bridgehead atoms. The van der Waals surface area contributed by atoms with Crippen LogP contribution in [0, 0.1) is 0 Å². The van der Waals surface area contributed by atoms with Crippen LogP contribution in [0.3, 0.4) is 0 Å². The number of urea groups is 1. The molecule has 112 valence electrons. The number of carbonyl (C=O) groups is 2. The summed E-state index contributed by atoms with van der Waals surface area (Å²) in [5, 5.41) is 5.69. The molecule has 19 heavy (non-hydrogen) atoms. The molecule has 2 amide bonds. The number of thioether (sulfide) groups is 1. The molecule has 2 rings (SSSR count). The molecule has 0 aromatic carbocycles. The number of ketones is 1. The Morgan fingerprint density at radius 1 is 1.21 bits per heavy atom. The highest BCUT2D eigenvalue weighted by Gasteiger charge is 2.35. The van der Waals surface area contributed by atoms with Crippen LogP contribution >= 0.6 is 11.8 Å². The minimum atomic E-state index is 0.00491. The lowest BCUT2D eigenvalue weighted by Crippen LogP contribution is -2.31. The van der Waals surface area contributed by atoms with Gasteiger partial charge in [0.15, 0.2) is 0 Å². The van der Waals surface area contributed by atoms with Crippen molar-refractivity contribution in [3.8, 4) is 0 Å². The number of carbonyl (C=O) groups excluding carboxylic acids is 2. The Labute approximate surface area is 121 Å². The SMILES string of the molecule is CC.CCCCC(=O)CC.O=C1NC2CSCC2N1. The van der Waals surface area contributed by atoms with E-state index in [0.29, 0.717) is 24.3 Å². The first-order valence-electron chi connectivity index (χ1n) is 7.33. The number of Topliss-reactive ketones (excluding diaryl/α,β-unsaturated/α-hetero) is 1. The van der Waals surface area contributed by atoms with Crippen LogP contribution in [0.2, 0.25) is 0 Å². The molecule has 5 heteroatoms. The van der Waals surface area contributed by atoms with Crippen molar-refractivity contribution in [1.82, 2.24) is 10.6 Å². The second-order valence-corrected chi connectivity index (χ2v) is 5.44. The van der Waals surface area contributed by atoms with Gasteiger partial charge in [0, 0.05) is 24.3 Å². The van der Waals surface area contributed by atoms with Crippen LogP contribution in [0.15, 0.2) is 0 Å². The third-order valence-corrected chi connectivity index (χ3v) is 4.11. The second kappa shape index (κ2) is 11.1. The number of nitrogens with one attached hydrogen (secondary N) is 2. The summed E-state index contributed by atoms with van der Waals surface area (Å²) in [4.78, 5) is 21.2. The third-order valence-electron chi connectivity index (χ3n) is 2.92. The second-order valence-electron chi connectivity index (χ2n) is 4.36. The standard InChI is InChI=1S/C7H14O.C5H8N2OS.C2H6/c1-3-5-6-7(8)4-2;8-5-6-3-1-9-2-4(3)7-5;1-2/h3-6H2,1-2H3;3-4H,1-2H2,(H2,6,7,8);1-2H3. The fourth-order valence-electron chi connectivity index (χ4n) is 1.77. The van der Waals surface area contributed by atoms with Crippen LogP contribution in [-0.2, 0) is 4.79 Å². The maximum Gasteiger partial charge on any atom is 0.315 e. The van der Waals surface area contributed by atoms with Gasteiger partial charge in [-0.05, 0) is 6.42 Å². The Morgan fingerprint density at radius 2 is 1.74 bits per heavy atom. The van der Waals surface area contributed by atoms with Gasteiger partial charge in [0.25, 0.3) is 0 Å². The van der Waals surface area contributed by atoms with E-state index in [0.717, 1.165) is 30.8 Å². The van der Waals surface area contributed by atoms with E-state index in [9.17, 15) is 9.59 Å². The molecule has 0 spiro atoms. The van der Waals surface area contributed by atoms with E-state index in [2.05, 4.69) is 17.6 Å². The zero-order chi connectivity index (χ0) is 14.7. The van der Waals surface area contributed by atoms with Gasteiger partial charge in [0.1, 0.15) is 5.78 Å². The highest BCUT2D eigenvalue weighted by atomic mass is 32.2. The van der Waals surface area contributed by atoms with Crippen molar-refractivity contribution in [2.75, 3.05) is 11.5 Å². The normalized spacial score (nSPS) is 23.1. The van der Waals surface area contributed by atoms with E-state index >= 15 is 0 Å². The number of unbranched alkanes of at least 4 members (excludes halogenated alkanes) is 1. The van der Waals surface area contributed by atoms with Gasteiger partial charge < -0.3 is 10.6 Å². The lowest BCUT2D eigenvalue weighted by Gasteiger charge is -2.02. The summed E-state index contributed by atoms with van der Waals surface area (Å²) in [7, 11) is 0. The summed E-state index contributed by atoms with van der Waals surface area (Å²) in [5.41, 5.74) is 0. The molecular formula is C14H28N2O2S. The average molecular weight is 288 g/mol. The zero-order valence-electron chi connectivity index (χ0n) is 12.6. The summed E-state index contributed by atoms with van der Waals surface area (Å²) in [6.07, 6.45) is 3.69. The van der Waals surface area contributed by atoms with E-state index in [-0.39, 0.29) is 6.03 Å². The lowest BCUT2D eigenvalue weighted by atomic mass is 10.1. The van der Waals surface area contributed by atoms with E-state index in [4.69, 9.17) is 0 Å². The third kappa shape index (κ3) is 7.45. The molecule has 2 N–H and O–H groups in total. The van der Waals surface area contributed by atoms with Gasteiger partial charge in [-0.2, -0.15) is 11.8 Å². The van der Waals surface area contributed by atoms with Crippen molar-refractivity contribution < 1.29 is 9.59 Å². The van der Waals surface area contributed by atoms with Crippen LogP contribution < -0.4 is 10.6 Å². The molecule has 2 fully saturated rings. The monoisotopic (exact) mass is 288 g/mol. The highest BCUT2D eigenvalue weighted by Crippen LogP contribution is 2.20. The summed E-state index contributed by atoms with van der Waals surface area (Å²) in [5.74, 6) is 2.54. The summed E-state index contributed by atoms with van der Waals surface area (Å²) >= 11 is 1.89. The molecule has 0 aromatic rings. The minimum absolute atomic E-state index is 0.00491. The van der Waals surface area contributed by atoms with E-state index < -0.39 is 0 Å². The van der Waals surface area contributed by atoms with E-state index in [1.807, 2.05) is 32.5 Å². The Kier molecular flexibility index (Phi) is 10.7. The van der Waals surface area contributed by atoms with E-state index in [1.165, 1.54) is 0 Å². The number of rotatable bonds is 4. The molecule has 0 saturated carbocycles. The number of amides is 2. The Balaban J connectivity index is 0.000000305. The minimum Gasteiger partial charge on any atom is -0.332 e. The van der Waals surface area contributed by atoms with Gasteiger partial charge in [0.2, 0.25) is 0 Å². The number of hydrogen-bond acceptors (Lipinski definition) is 3. The van der Waals surface area contributed by atoms with Gasteiger partial charge in [-0.1, -0.05) is 34.1 Å². The van der Waals surface area contributed by atoms with Crippen LogP contribution in [0.1, 0.15) is 53.4 Å². The van der Waals surface area contributed by atoms with Crippen molar-refractivity contribution in [1.29, 1.82) is 0 Å². The molecule has 2 unspecified atom stereocenters. The molecule has 4 nitrogen and oxygen atoms in total. The van der Waals surface area contributed by atoms with Gasteiger partial charge >= 0.3 is 6.03 Å². The number of fused-ring (bicyclic) bond motifs is 1. The molecule has 2 atom stereocenters. The summed E-state index contributed by atoms with van der Waals surface area (Å²) in [6.45, 7) is 8.01. The fraction of sp³-hybridized carbons (Fsp3) is 0.857. The first-order chi connectivity index (χ1) is 9.17. The van der Waals surface area contributed by atoms with Crippen LogP contribution in [-0.4, -0.2) is 35.4 Å². The average Bonchev–Trinajstić information content (AvgIpc) is 2.99. The van der Waals surface area contributed by atoms with Gasteiger partial charge in [0.05, 0.1) is 12.1 Å². The van der Waals surface area contributed by atoms with Gasteiger partial charge in [-0.15, -0.1) is 0 Å². The molecule has 2 aliphatic rings. The molecule has 2 saturated heterocycles. The predicted molar refractivity (Wildman–Crippen MR) is 82.7 cm³/mol. The first-order valence-corrected chi connectivity index (χ1v) is 8.49. The van der Waals surface area contributed by atoms with Gasteiger partial charge in [-0.3, -0.25) is 4.79 Å². The van der Waals surface area contributed by atoms with Crippen molar-refractivity contribution in [3.63, 3.8) is 0 Å². The maximum absolute atomic E-state index is 10.6. The molecule has 0 radical (unpaired) electrons. The Morgan fingerprint density at radius 3 is 2.16 bits per heavy atom. The molecule has 0 aromatic heterocycles. The van der Waals surface area contributed by atoms with Crippen LogP contribution in [0.5, 0.6) is 0 Å². The van der Waals surface area contributed by atoms with Crippen LogP contribution in [0.4, 0.5) is 4.79 Å². The fourth-order valence-corrected chi connectivity index (χ4v) is 3.04. The van der Waals surface area contributed by atoms with Crippen molar-refractivity contribution in [2.45, 2.75) is 65.5 Å². The predicted octanol–water partition coefficient (Wildman–Crippen LogP) is 2.97. The quantitative estimate of drug-likeness (QED) is 0.782. The first kappa shape index (κ1) is 18.3. The molecule has 2 aliphatic heterocycles. The topological polar surface area (TPSA) is 58.2 Å². The summed E-state index contributed by atoms with van der Waals surface area (Å²) < 4.78 is 0. The van der Waals surface area contributed by atoms with Gasteiger partial charge in [-0.25, -0.2) is 4.79 Å². The number of hydrogen-bond donors (Lipinski definition) is 2. The largest absolute Gasteiger partial charge is 0.332 e. The maximum atomic E-state index is 10.6. The smallest absolute Gasteiger partial charge is 0.315 e.